The number of nitrogens with two attached hydrogens (primary N) is 1. The summed E-state index contributed by atoms with van der Waals surface area (Å²) in [7, 11) is 0. The van der Waals surface area contributed by atoms with Gasteiger partial charge in [-0.1, -0.05) is 12.2 Å². The molecule has 20 heavy (non-hydrogen) atoms. The fourth-order valence-electron chi connectivity index (χ4n) is 2.08. The van der Waals surface area contributed by atoms with E-state index in [0.29, 0.717) is 22.6 Å². The first-order valence-electron chi connectivity index (χ1n) is 6.14. The number of thiocarbonyl (C=S) groups is 1. The van der Waals surface area contributed by atoms with Gasteiger partial charge >= 0.3 is 6.18 Å². The zero-order valence-corrected chi connectivity index (χ0v) is 12.7. The molecule has 1 rings (SSSR count). The second-order valence-corrected chi connectivity index (χ2v) is 5.38. The first-order valence-corrected chi connectivity index (χ1v) is 6.55. The molecule has 0 saturated carbocycles. The fourth-order valence-corrected chi connectivity index (χ4v) is 2.33. The van der Waals surface area contributed by atoms with Crippen molar-refractivity contribution in [1.29, 1.82) is 0 Å². The second-order valence-electron chi connectivity index (χ2n) is 4.94. The number of pyridine rings is 1. The van der Waals surface area contributed by atoms with Crippen LogP contribution in [0.2, 0.25) is 0 Å². The summed E-state index contributed by atoms with van der Waals surface area (Å²) in [5.41, 5.74) is 7.61. The minimum absolute atomic E-state index is 0.0535. The molecule has 0 amide bonds. The summed E-state index contributed by atoms with van der Waals surface area (Å²) in [6.45, 7) is 5.76. The Labute approximate surface area is 122 Å². The molecule has 112 valence electrons. The van der Waals surface area contributed by atoms with Gasteiger partial charge in [0.1, 0.15) is 11.5 Å². The number of alkyl halides is 3. The molecule has 0 aliphatic rings. The summed E-state index contributed by atoms with van der Waals surface area (Å²) in [6, 6.07) is 1.25. The number of anilines is 1. The minimum Gasteiger partial charge on any atom is -0.389 e. The van der Waals surface area contributed by atoms with Gasteiger partial charge in [-0.25, -0.2) is 0 Å². The Balaban J connectivity index is 3.43. The van der Waals surface area contributed by atoms with E-state index in [1.54, 1.807) is 33.8 Å². The largest absolute Gasteiger partial charge is 0.405 e. The van der Waals surface area contributed by atoms with E-state index in [0.717, 1.165) is 0 Å². The van der Waals surface area contributed by atoms with Crippen molar-refractivity contribution >= 4 is 22.9 Å². The van der Waals surface area contributed by atoms with Crippen molar-refractivity contribution in [1.82, 2.24) is 4.98 Å². The first-order chi connectivity index (χ1) is 9.03. The van der Waals surface area contributed by atoms with E-state index in [1.807, 2.05) is 0 Å². The van der Waals surface area contributed by atoms with E-state index in [9.17, 15) is 13.2 Å². The van der Waals surface area contributed by atoms with E-state index >= 15 is 0 Å². The van der Waals surface area contributed by atoms with E-state index in [-0.39, 0.29) is 11.0 Å². The lowest BCUT2D eigenvalue weighted by Gasteiger charge is -2.32. The number of aromatic nitrogens is 1. The highest BCUT2D eigenvalue weighted by atomic mass is 32.1. The molecule has 3 nitrogen and oxygen atoms in total. The molecule has 0 aromatic carbocycles. The summed E-state index contributed by atoms with van der Waals surface area (Å²) >= 11 is 4.96. The van der Waals surface area contributed by atoms with Gasteiger partial charge in [-0.15, -0.1) is 0 Å². The standard InChI is InChI=1S/C13H18F3N3S/c1-7(2)19(6-13(14,15)16)10-5-8(3)18-9(4)11(10)12(17)20/h5,7H,6H2,1-4H3,(H2,17,20). The Morgan fingerprint density at radius 2 is 1.95 bits per heavy atom. The Morgan fingerprint density at radius 1 is 1.40 bits per heavy atom. The molecule has 2 N–H and O–H groups in total. The van der Waals surface area contributed by atoms with Crippen LogP contribution in [0.4, 0.5) is 18.9 Å². The number of aryl methyl sites for hydroxylation is 2. The summed E-state index contributed by atoms with van der Waals surface area (Å²) in [6.07, 6.45) is -4.30. The van der Waals surface area contributed by atoms with Gasteiger partial charge in [0.25, 0.3) is 0 Å². The third-order valence-electron chi connectivity index (χ3n) is 2.84. The average molecular weight is 305 g/mol. The van der Waals surface area contributed by atoms with Gasteiger partial charge in [0.05, 0.1) is 11.3 Å². The van der Waals surface area contributed by atoms with Gasteiger partial charge in [-0.3, -0.25) is 4.98 Å². The van der Waals surface area contributed by atoms with Crippen LogP contribution in [0.25, 0.3) is 0 Å². The van der Waals surface area contributed by atoms with Crippen LogP contribution in [-0.4, -0.2) is 28.7 Å². The zero-order valence-electron chi connectivity index (χ0n) is 11.9. The summed E-state index contributed by atoms with van der Waals surface area (Å²) in [5, 5.41) is 0. The van der Waals surface area contributed by atoms with Crippen molar-refractivity contribution in [3.8, 4) is 0 Å². The monoisotopic (exact) mass is 305 g/mol. The summed E-state index contributed by atoms with van der Waals surface area (Å²) in [5.74, 6) is 0. The smallest absolute Gasteiger partial charge is 0.389 e. The molecule has 7 heteroatoms. The Morgan fingerprint density at radius 3 is 2.35 bits per heavy atom. The van der Waals surface area contributed by atoms with Crippen molar-refractivity contribution < 1.29 is 13.2 Å². The lowest BCUT2D eigenvalue weighted by molar-refractivity contribution is -0.120. The third-order valence-corrected chi connectivity index (χ3v) is 3.04. The lowest BCUT2D eigenvalue weighted by atomic mass is 10.1. The molecule has 1 heterocycles. The number of nitrogens with zero attached hydrogens (tertiary/aromatic N) is 2. The van der Waals surface area contributed by atoms with Gasteiger partial charge in [0.15, 0.2) is 0 Å². The van der Waals surface area contributed by atoms with Crippen LogP contribution in [0.5, 0.6) is 0 Å². The zero-order chi connectivity index (χ0) is 15.7. The molecular weight excluding hydrogens is 287 g/mol. The van der Waals surface area contributed by atoms with Gasteiger partial charge < -0.3 is 10.6 Å². The predicted octanol–water partition coefficient (Wildman–Crippen LogP) is 3.11. The molecule has 0 spiro atoms. The molecule has 0 fully saturated rings. The summed E-state index contributed by atoms with van der Waals surface area (Å²) in [4.78, 5) is 5.52. The van der Waals surface area contributed by atoms with Crippen LogP contribution in [-0.2, 0) is 0 Å². The highest BCUT2D eigenvalue weighted by molar-refractivity contribution is 7.80. The number of hydrogen-bond acceptors (Lipinski definition) is 3. The summed E-state index contributed by atoms with van der Waals surface area (Å²) < 4.78 is 38.3. The highest BCUT2D eigenvalue weighted by Crippen LogP contribution is 2.29. The molecule has 1 aromatic rings. The molecule has 0 aliphatic carbocycles. The molecule has 0 unspecified atom stereocenters. The van der Waals surface area contributed by atoms with Crippen molar-refractivity contribution in [3.05, 3.63) is 23.0 Å². The molecule has 0 atom stereocenters. The van der Waals surface area contributed by atoms with Gasteiger partial charge in [-0.2, -0.15) is 13.2 Å². The van der Waals surface area contributed by atoms with Crippen LogP contribution in [0.1, 0.15) is 30.8 Å². The second kappa shape index (κ2) is 5.95. The molecular formula is C13H18F3N3S. The van der Waals surface area contributed by atoms with Crippen molar-refractivity contribution in [2.45, 2.75) is 39.9 Å². The fraction of sp³-hybridized carbons (Fsp3) is 0.538. The van der Waals surface area contributed by atoms with Gasteiger partial charge in [-0.05, 0) is 33.8 Å². The van der Waals surface area contributed by atoms with Crippen LogP contribution in [0, 0.1) is 13.8 Å². The van der Waals surface area contributed by atoms with Gasteiger partial charge in [0.2, 0.25) is 0 Å². The van der Waals surface area contributed by atoms with Crippen molar-refractivity contribution in [2.24, 2.45) is 5.73 Å². The quantitative estimate of drug-likeness (QED) is 0.868. The maximum Gasteiger partial charge on any atom is 0.405 e. The predicted molar refractivity (Wildman–Crippen MR) is 78.1 cm³/mol. The molecule has 0 bridgehead atoms. The molecule has 0 saturated heterocycles. The van der Waals surface area contributed by atoms with Crippen molar-refractivity contribution in [2.75, 3.05) is 11.4 Å². The average Bonchev–Trinajstić information content (AvgIpc) is 2.22. The van der Waals surface area contributed by atoms with Crippen LogP contribution in [0.15, 0.2) is 6.07 Å². The molecule has 0 radical (unpaired) electrons. The SMILES string of the molecule is Cc1cc(N(CC(F)(F)F)C(C)C)c(C(N)=S)c(C)n1. The maximum absolute atomic E-state index is 12.8. The minimum atomic E-state index is -4.30. The number of halogens is 3. The Bertz CT molecular complexity index is 512. The van der Waals surface area contributed by atoms with Crippen molar-refractivity contribution in [3.63, 3.8) is 0 Å². The van der Waals surface area contributed by atoms with Crippen LogP contribution >= 0.6 is 12.2 Å². The van der Waals surface area contributed by atoms with Crippen LogP contribution < -0.4 is 10.6 Å². The molecule has 0 aliphatic heterocycles. The van der Waals surface area contributed by atoms with E-state index in [4.69, 9.17) is 18.0 Å². The number of hydrogen-bond donors (Lipinski definition) is 1. The third kappa shape index (κ3) is 4.06. The van der Waals surface area contributed by atoms with Gasteiger partial charge in [0, 0.05) is 17.4 Å². The number of rotatable bonds is 4. The lowest BCUT2D eigenvalue weighted by Crippen LogP contribution is -2.40. The van der Waals surface area contributed by atoms with E-state index in [1.165, 1.54) is 4.90 Å². The van der Waals surface area contributed by atoms with E-state index in [2.05, 4.69) is 4.98 Å². The first kappa shape index (κ1) is 16.7. The highest BCUT2D eigenvalue weighted by Gasteiger charge is 2.33. The topological polar surface area (TPSA) is 42.1 Å². The maximum atomic E-state index is 12.8. The Kier molecular flexibility index (Phi) is 4.96. The van der Waals surface area contributed by atoms with Crippen LogP contribution in [0.3, 0.4) is 0 Å². The van der Waals surface area contributed by atoms with E-state index < -0.39 is 12.7 Å². The normalized spacial score (nSPS) is 11.8. The Hall–Kier alpha value is -1.37. The molecule has 1 aromatic heterocycles.